The molecule has 0 saturated carbocycles. The third-order valence-corrected chi connectivity index (χ3v) is 7.11. The Balaban J connectivity index is 1.71. The van der Waals surface area contributed by atoms with Crippen LogP contribution in [0.3, 0.4) is 0 Å². The zero-order valence-electron chi connectivity index (χ0n) is 20.6. The number of nitrogens with zero attached hydrogens (tertiary/aromatic N) is 2. The average Bonchev–Trinajstić information content (AvgIpc) is 3.35. The normalized spacial score (nSPS) is 19.1. The first-order valence-corrected chi connectivity index (χ1v) is 12.3. The van der Waals surface area contributed by atoms with Gasteiger partial charge in [0.1, 0.15) is 12.1 Å². The van der Waals surface area contributed by atoms with Crippen molar-refractivity contribution in [3.8, 4) is 10.4 Å². The van der Waals surface area contributed by atoms with Crippen LogP contribution in [0.15, 0.2) is 23.7 Å². The largest absolute Gasteiger partial charge is 0.391 e. The fourth-order valence-corrected chi connectivity index (χ4v) is 5.04. The summed E-state index contributed by atoms with van der Waals surface area (Å²) in [7, 11) is 0. The van der Waals surface area contributed by atoms with Crippen LogP contribution in [0.4, 0.5) is 0 Å². The van der Waals surface area contributed by atoms with Crippen LogP contribution < -0.4 is 10.6 Å². The van der Waals surface area contributed by atoms with Crippen LogP contribution in [0, 0.1) is 19.3 Å². The highest BCUT2D eigenvalue weighted by atomic mass is 32.1. The van der Waals surface area contributed by atoms with Crippen molar-refractivity contribution in [2.75, 3.05) is 6.54 Å². The molecule has 0 aliphatic carbocycles. The lowest BCUT2D eigenvalue weighted by Gasteiger charge is -2.35. The maximum atomic E-state index is 13.3. The molecule has 1 aromatic carbocycles. The molecule has 0 bridgehead atoms. The van der Waals surface area contributed by atoms with Crippen LogP contribution in [-0.2, 0) is 20.9 Å². The molecule has 3 atom stereocenters. The lowest BCUT2D eigenvalue weighted by atomic mass is 9.85. The molecule has 1 aromatic heterocycles. The van der Waals surface area contributed by atoms with E-state index < -0.39 is 23.6 Å². The van der Waals surface area contributed by atoms with E-state index in [1.54, 1.807) is 11.3 Å². The first-order chi connectivity index (χ1) is 15.9. The van der Waals surface area contributed by atoms with Crippen LogP contribution in [-0.4, -0.2) is 57.4 Å². The Kier molecular flexibility index (Phi) is 7.77. The number of rotatable bonds is 6. The predicted octanol–water partition coefficient (Wildman–Crippen LogP) is 2.56. The van der Waals surface area contributed by atoms with E-state index in [9.17, 15) is 19.5 Å². The first-order valence-electron chi connectivity index (χ1n) is 11.4. The summed E-state index contributed by atoms with van der Waals surface area (Å²) in [6.07, 6.45) is -0.627. The second kappa shape index (κ2) is 10.2. The summed E-state index contributed by atoms with van der Waals surface area (Å²) in [4.78, 5) is 44.9. The second-order valence-corrected chi connectivity index (χ2v) is 10.9. The Bertz CT molecular complexity index is 1080. The Morgan fingerprint density at radius 1 is 1.26 bits per heavy atom. The molecule has 1 fully saturated rings. The molecule has 9 heteroatoms. The molecule has 0 unspecified atom stereocenters. The van der Waals surface area contributed by atoms with Crippen molar-refractivity contribution in [3.63, 3.8) is 0 Å². The van der Waals surface area contributed by atoms with Gasteiger partial charge in [-0.05, 0) is 36.0 Å². The number of aliphatic hydroxyl groups is 1. The van der Waals surface area contributed by atoms with Crippen LogP contribution in [0.1, 0.15) is 50.9 Å². The minimum absolute atomic E-state index is 0.0605. The highest BCUT2D eigenvalue weighted by Crippen LogP contribution is 2.29. The molecule has 2 heterocycles. The van der Waals surface area contributed by atoms with E-state index >= 15 is 0 Å². The molecule has 3 amide bonds. The van der Waals surface area contributed by atoms with Gasteiger partial charge in [0, 0.05) is 26.4 Å². The van der Waals surface area contributed by atoms with Gasteiger partial charge < -0.3 is 20.6 Å². The maximum absolute atomic E-state index is 13.3. The van der Waals surface area contributed by atoms with E-state index in [4.69, 9.17) is 0 Å². The summed E-state index contributed by atoms with van der Waals surface area (Å²) < 4.78 is 0. The van der Waals surface area contributed by atoms with Gasteiger partial charge in [0.05, 0.1) is 22.2 Å². The molecule has 3 rings (SSSR count). The van der Waals surface area contributed by atoms with Gasteiger partial charge in [0.15, 0.2) is 0 Å². The monoisotopic (exact) mass is 486 g/mol. The topological polar surface area (TPSA) is 112 Å². The maximum Gasteiger partial charge on any atom is 0.246 e. The zero-order valence-corrected chi connectivity index (χ0v) is 21.5. The van der Waals surface area contributed by atoms with Gasteiger partial charge in [-0.1, -0.05) is 39.0 Å². The van der Waals surface area contributed by atoms with Gasteiger partial charge in [-0.3, -0.25) is 14.4 Å². The van der Waals surface area contributed by atoms with Gasteiger partial charge in [0.25, 0.3) is 0 Å². The molecule has 0 spiro atoms. The van der Waals surface area contributed by atoms with E-state index in [-0.39, 0.29) is 30.7 Å². The van der Waals surface area contributed by atoms with Crippen molar-refractivity contribution in [2.24, 2.45) is 5.41 Å². The van der Waals surface area contributed by atoms with Crippen LogP contribution in [0.2, 0.25) is 0 Å². The minimum Gasteiger partial charge on any atom is -0.391 e. The molecule has 1 aliphatic heterocycles. The van der Waals surface area contributed by atoms with E-state index in [0.29, 0.717) is 6.54 Å². The van der Waals surface area contributed by atoms with Gasteiger partial charge in [0.2, 0.25) is 17.7 Å². The second-order valence-electron chi connectivity index (χ2n) is 10.0. The Morgan fingerprint density at radius 2 is 1.97 bits per heavy atom. The zero-order chi connectivity index (χ0) is 25.2. The van der Waals surface area contributed by atoms with Crippen LogP contribution >= 0.6 is 11.3 Å². The molecule has 34 heavy (non-hydrogen) atoms. The molecule has 3 N–H and O–H groups in total. The fraction of sp³-hybridized carbons (Fsp3) is 0.520. The van der Waals surface area contributed by atoms with Gasteiger partial charge in [-0.25, -0.2) is 4.98 Å². The fourth-order valence-electron chi connectivity index (χ4n) is 4.24. The highest BCUT2D eigenvalue weighted by molar-refractivity contribution is 7.13. The molecule has 1 aliphatic rings. The Morgan fingerprint density at radius 3 is 2.53 bits per heavy atom. The van der Waals surface area contributed by atoms with Crippen molar-refractivity contribution in [1.82, 2.24) is 20.5 Å². The van der Waals surface area contributed by atoms with Crippen molar-refractivity contribution in [1.29, 1.82) is 0 Å². The number of aliphatic hydroxyl groups excluding tert-OH is 1. The number of benzene rings is 1. The SMILES string of the molecule is CC(=O)N[C@H](C(=O)N1C[C@H](O)C[C@H]1C(=O)NCc1ccc(-c2scnc2C)cc1C)C(C)(C)C. The van der Waals surface area contributed by atoms with Crippen molar-refractivity contribution < 1.29 is 19.5 Å². The number of likely N-dealkylation sites (tertiary alicyclic amines) is 1. The number of nitrogens with one attached hydrogen (secondary N) is 2. The quantitative estimate of drug-likeness (QED) is 0.581. The third-order valence-electron chi connectivity index (χ3n) is 6.13. The highest BCUT2D eigenvalue weighted by Gasteiger charge is 2.44. The molecule has 1 saturated heterocycles. The van der Waals surface area contributed by atoms with E-state index in [2.05, 4.69) is 21.7 Å². The average molecular weight is 487 g/mol. The third kappa shape index (κ3) is 5.82. The van der Waals surface area contributed by atoms with E-state index in [0.717, 1.165) is 27.3 Å². The smallest absolute Gasteiger partial charge is 0.246 e. The van der Waals surface area contributed by atoms with Gasteiger partial charge in [-0.2, -0.15) is 0 Å². The van der Waals surface area contributed by atoms with Gasteiger partial charge in [-0.15, -0.1) is 11.3 Å². The van der Waals surface area contributed by atoms with Crippen molar-refractivity contribution in [3.05, 3.63) is 40.5 Å². The van der Waals surface area contributed by atoms with Crippen molar-refractivity contribution >= 4 is 29.1 Å². The number of thiazole rings is 1. The molecule has 0 radical (unpaired) electrons. The van der Waals surface area contributed by atoms with Crippen molar-refractivity contribution in [2.45, 2.75) is 72.7 Å². The Labute approximate surface area is 204 Å². The number of amides is 3. The molecular weight excluding hydrogens is 452 g/mol. The number of aromatic nitrogens is 1. The first kappa shape index (κ1) is 25.8. The summed E-state index contributed by atoms with van der Waals surface area (Å²) in [5, 5.41) is 15.9. The van der Waals surface area contributed by atoms with Crippen LogP contribution in [0.5, 0.6) is 0 Å². The molecular formula is C25H34N4O4S. The van der Waals surface area contributed by atoms with Crippen LogP contribution in [0.25, 0.3) is 10.4 Å². The molecule has 8 nitrogen and oxygen atoms in total. The lowest BCUT2D eigenvalue weighted by molar-refractivity contribution is -0.143. The standard InChI is InChI=1S/C25H34N4O4S/c1-14-9-17(21-15(2)27-13-34-21)7-8-18(14)11-26-23(32)20-10-19(31)12-29(20)24(33)22(25(4,5)6)28-16(3)30/h7-9,13,19-20,22,31H,10-12H2,1-6H3,(H,26,32)(H,28,30)/t19-,20+,22-/m1/s1. The minimum atomic E-state index is -0.796. The predicted molar refractivity (Wildman–Crippen MR) is 132 cm³/mol. The summed E-state index contributed by atoms with van der Waals surface area (Å²) in [5.41, 5.74) is 5.38. The summed E-state index contributed by atoms with van der Waals surface area (Å²) in [6, 6.07) is 4.50. The van der Waals surface area contributed by atoms with Gasteiger partial charge >= 0.3 is 0 Å². The number of carbonyl (C=O) groups excluding carboxylic acids is 3. The molecule has 2 aromatic rings. The summed E-state index contributed by atoms with van der Waals surface area (Å²) in [6.45, 7) is 11.3. The number of aryl methyl sites for hydroxylation is 2. The Hall–Kier alpha value is -2.78. The lowest BCUT2D eigenvalue weighted by Crippen LogP contribution is -2.57. The van der Waals surface area contributed by atoms with E-state index in [1.807, 2.05) is 52.3 Å². The summed E-state index contributed by atoms with van der Waals surface area (Å²) in [5.74, 6) is -0.997. The number of β-amino-alcohol motifs (C(OH)–C–C–N with tert-alkyl or cyclic N) is 1. The number of hydrogen-bond donors (Lipinski definition) is 3. The number of hydrogen-bond acceptors (Lipinski definition) is 6. The number of carbonyl (C=O) groups is 3. The molecule has 184 valence electrons. The van der Waals surface area contributed by atoms with E-state index in [1.165, 1.54) is 11.8 Å². The summed E-state index contributed by atoms with van der Waals surface area (Å²) >= 11 is 1.59.